The first-order chi connectivity index (χ1) is 39.0. The summed E-state index contributed by atoms with van der Waals surface area (Å²) in [4.78, 5) is 89.3. The van der Waals surface area contributed by atoms with Crippen LogP contribution >= 0.6 is 0 Å². The fraction of sp³-hybridized carbons (Fsp3) is 0.559. The highest BCUT2D eigenvalue weighted by Crippen LogP contribution is 2.65. The summed E-state index contributed by atoms with van der Waals surface area (Å²) in [6.45, 7) is 18.7. The summed E-state index contributed by atoms with van der Waals surface area (Å²) in [6.07, 6.45) is -10.5. The van der Waals surface area contributed by atoms with E-state index in [-0.39, 0.29) is 74.9 Å². The van der Waals surface area contributed by atoms with Gasteiger partial charge in [-0.15, -0.1) is 0 Å². The minimum Gasteiger partial charge on any atom is -0.456 e. The number of ether oxygens (including phenoxy) is 5. The van der Waals surface area contributed by atoms with Gasteiger partial charge in [0.2, 0.25) is 0 Å². The lowest BCUT2D eigenvalue weighted by Crippen LogP contribution is -2.82. The van der Waals surface area contributed by atoms with Gasteiger partial charge in [-0.3, -0.25) is 19.2 Å². The Balaban J connectivity index is 1.51. The van der Waals surface area contributed by atoms with Crippen molar-refractivity contribution in [3.05, 3.63) is 119 Å². The quantitative estimate of drug-likeness (QED) is 0.0360. The molecule has 2 N–H and O–H groups in total. The van der Waals surface area contributed by atoms with E-state index in [0.717, 1.165) is 6.92 Å². The molecule has 82 heavy (non-hydrogen) atoms. The van der Waals surface area contributed by atoms with Crippen LogP contribution in [-0.4, -0.2) is 153 Å². The topological polar surface area (TPSA) is 255 Å². The number of Topliss-reactive ketones (excluding diaryl/α,β-unsaturated/α-hetero) is 1. The summed E-state index contributed by atoms with van der Waals surface area (Å²) in [7, 11) is -8.63. The van der Waals surface area contributed by atoms with Crippen molar-refractivity contribution in [2.75, 3.05) is 46.2 Å². The highest BCUT2D eigenvalue weighted by Gasteiger charge is 2.79. The number of aliphatic hydroxyl groups is 1. The van der Waals surface area contributed by atoms with Crippen molar-refractivity contribution in [3.8, 4) is 0 Å². The number of benzene rings is 3. The van der Waals surface area contributed by atoms with Crippen LogP contribution in [0.15, 0.2) is 102 Å². The number of rotatable bonds is 26. The van der Waals surface area contributed by atoms with Crippen LogP contribution in [0.4, 0.5) is 0 Å². The standard InChI is InChI=1S/C59H79NO20Si2/c1-13-69-81(70-14-2,71-15-3)79-44-34-45-58(36-68-45,78-39(9)62)50-52(77-54(65)42-32-26-21-27-33-42)59(67)35-43(37(7)46(56(59,10)11)48(75-38(8)61)51(63)57(44,50)12)76-55(66)49(80-82(72-16-4,73-17-5)74-18-6)47(40-28-22-19-23-29-40)60-53(64)41-30-24-20-25-31-41/h19-33,43-45,47-50,52,67H,13-18,34-36H2,1-12H3,(H,60,64)/t43-,44-,45+,47-,48+,49+,50-,52-,57+,58-,59+/m0/s1. The van der Waals surface area contributed by atoms with Crippen molar-refractivity contribution >= 4 is 53.7 Å². The van der Waals surface area contributed by atoms with Gasteiger partial charge < -0.3 is 69.5 Å². The molecule has 3 fully saturated rings. The van der Waals surface area contributed by atoms with Crippen molar-refractivity contribution in [3.63, 3.8) is 0 Å². The Kier molecular flexibility index (Phi) is 20.7. The maximum atomic E-state index is 16.7. The molecule has 448 valence electrons. The molecule has 0 radical (unpaired) electrons. The van der Waals surface area contributed by atoms with Crippen LogP contribution in [0.3, 0.4) is 0 Å². The maximum absolute atomic E-state index is 16.7. The number of esters is 4. The highest BCUT2D eigenvalue weighted by molar-refractivity contribution is 6.54. The summed E-state index contributed by atoms with van der Waals surface area (Å²) < 4.78 is 83.2. The smallest absolute Gasteiger partial charge is 0.456 e. The first-order valence-electron chi connectivity index (χ1n) is 28.0. The van der Waals surface area contributed by atoms with E-state index >= 15 is 14.4 Å². The Morgan fingerprint density at radius 2 is 1.21 bits per heavy atom. The molecule has 2 saturated carbocycles. The predicted octanol–water partition coefficient (Wildman–Crippen LogP) is 6.87. The molecule has 0 spiro atoms. The second-order valence-corrected chi connectivity index (χ2v) is 25.3. The molecule has 3 aromatic carbocycles. The Morgan fingerprint density at radius 1 is 0.695 bits per heavy atom. The molecular formula is C59H79NO20Si2. The molecule has 1 saturated heterocycles. The lowest BCUT2D eigenvalue weighted by molar-refractivity contribution is -0.347. The molecule has 3 aliphatic carbocycles. The van der Waals surface area contributed by atoms with E-state index < -0.39 is 131 Å². The minimum atomic E-state index is -4.37. The Morgan fingerprint density at radius 3 is 1.70 bits per heavy atom. The molecule has 4 aliphatic rings. The number of hydrogen-bond donors (Lipinski definition) is 2. The number of ketones is 1. The van der Waals surface area contributed by atoms with Gasteiger partial charge in [-0.1, -0.05) is 80.6 Å². The minimum absolute atomic E-state index is 0.00832. The van der Waals surface area contributed by atoms with E-state index in [2.05, 4.69) is 5.32 Å². The predicted molar refractivity (Wildman–Crippen MR) is 297 cm³/mol. The molecule has 21 nitrogen and oxygen atoms in total. The molecule has 2 bridgehead atoms. The number of amides is 1. The Labute approximate surface area is 481 Å². The van der Waals surface area contributed by atoms with E-state index in [9.17, 15) is 19.5 Å². The summed E-state index contributed by atoms with van der Waals surface area (Å²) in [5.41, 5.74) is -7.37. The molecule has 11 atom stereocenters. The first-order valence-corrected chi connectivity index (χ1v) is 31.3. The lowest BCUT2D eigenvalue weighted by atomic mass is 9.44. The van der Waals surface area contributed by atoms with Crippen molar-refractivity contribution in [1.82, 2.24) is 5.32 Å². The Bertz CT molecular complexity index is 2730. The van der Waals surface area contributed by atoms with Crippen LogP contribution in [0.5, 0.6) is 0 Å². The number of nitrogens with one attached hydrogen (secondary N) is 1. The van der Waals surface area contributed by atoms with Crippen molar-refractivity contribution < 1.29 is 93.0 Å². The van der Waals surface area contributed by atoms with Crippen molar-refractivity contribution in [2.45, 2.75) is 150 Å². The van der Waals surface area contributed by atoms with Crippen LogP contribution in [0, 0.1) is 16.7 Å². The number of carbonyl (C=O) groups is 6. The van der Waals surface area contributed by atoms with Gasteiger partial charge in [-0.2, -0.15) is 0 Å². The van der Waals surface area contributed by atoms with Crippen LogP contribution in [0.25, 0.3) is 0 Å². The molecule has 23 heteroatoms. The van der Waals surface area contributed by atoms with E-state index in [1.165, 1.54) is 26.0 Å². The Hall–Kier alpha value is -5.55. The zero-order valence-corrected chi connectivity index (χ0v) is 50.8. The van der Waals surface area contributed by atoms with E-state index in [0.29, 0.717) is 5.56 Å². The zero-order valence-electron chi connectivity index (χ0n) is 48.8. The summed E-state index contributed by atoms with van der Waals surface area (Å²) in [5, 5.41) is 17.5. The number of fused-ring (bicyclic) bond motifs is 5. The van der Waals surface area contributed by atoms with Gasteiger partial charge in [0.1, 0.15) is 23.9 Å². The van der Waals surface area contributed by atoms with Crippen LogP contribution < -0.4 is 5.32 Å². The van der Waals surface area contributed by atoms with Crippen LogP contribution in [0.2, 0.25) is 0 Å². The lowest BCUT2D eigenvalue weighted by Gasteiger charge is -2.68. The molecule has 7 rings (SSSR count). The molecular weight excluding hydrogens is 1100 g/mol. The zero-order chi connectivity index (χ0) is 59.8. The van der Waals surface area contributed by atoms with Gasteiger partial charge >= 0.3 is 42.0 Å². The molecule has 0 aromatic heterocycles. The van der Waals surface area contributed by atoms with Crippen LogP contribution in [0.1, 0.15) is 128 Å². The third-order valence-electron chi connectivity index (χ3n) is 15.9. The molecule has 1 heterocycles. The molecule has 1 amide bonds. The first kappa shape index (κ1) is 64.0. The fourth-order valence-electron chi connectivity index (χ4n) is 12.3. The molecule has 1 aliphatic heterocycles. The number of carbonyl (C=O) groups excluding carboxylic acids is 6. The van der Waals surface area contributed by atoms with E-state index in [4.69, 9.17) is 59.1 Å². The van der Waals surface area contributed by atoms with Gasteiger partial charge in [-0.25, -0.2) is 9.59 Å². The van der Waals surface area contributed by atoms with Gasteiger partial charge in [0, 0.05) is 77.3 Å². The average Bonchev–Trinajstić information content (AvgIpc) is 0.746. The van der Waals surface area contributed by atoms with Gasteiger partial charge in [0.05, 0.1) is 35.6 Å². The SMILES string of the molecule is CCO[Si](OCC)(OCC)O[C@H]1C[C@H]2OC[C@@]2(OC(C)=O)[C@H]2[C@H](OC(=O)c3ccccc3)[C@]3(O)C[C@H](OC(=O)[C@H](O[Si](OCC)(OCC)OCC)[C@@H](NC(=O)c4ccccc4)c4ccccc4)C(C)=C([C@@H](OC(C)=O)C(=O)[C@]12C)C3(C)C. The molecule has 3 aromatic rings. The summed E-state index contributed by atoms with van der Waals surface area (Å²) in [6, 6.07) is 23.5. The third-order valence-corrected chi connectivity index (χ3v) is 20.9. The highest BCUT2D eigenvalue weighted by atomic mass is 28.4. The van der Waals surface area contributed by atoms with Crippen LogP contribution in [-0.2, 0) is 78.3 Å². The maximum Gasteiger partial charge on any atom is 0.680 e. The van der Waals surface area contributed by atoms with Gasteiger partial charge in [0.15, 0.2) is 23.6 Å². The number of hydrogen-bond acceptors (Lipinski definition) is 20. The fourth-order valence-corrected chi connectivity index (χ4v) is 16.5. The van der Waals surface area contributed by atoms with Gasteiger partial charge in [0.25, 0.3) is 5.91 Å². The second-order valence-electron chi connectivity index (χ2n) is 21.1. The third kappa shape index (κ3) is 12.5. The monoisotopic (exact) mass is 1180 g/mol. The second kappa shape index (κ2) is 26.6. The van der Waals surface area contributed by atoms with E-state index in [1.54, 1.807) is 141 Å². The summed E-state index contributed by atoms with van der Waals surface area (Å²) in [5.74, 6) is -6.81. The average molecular weight is 1180 g/mol. The largest absolute Gasteiger partial charge is 0.680 e. The van der Waals surface area contributed by atoms with Crippen molar-refractivity contribution in [2.24, 2.45) is 16.7 Å². The van der Waals surface area contributed by atoms with Crippen molar-refractivity contribution in [1.29, 1.82) is 0 Å². The molecule has 0 unspecified atom stereocenters. The van der Waals surface area contributed by atoms with Gasteiger partial charge in [-0.05, 0) is 96.4 Å². The summed E-state index contributed by atoms with van der Waals surface area (Å²) >= 11 is 0. The van der Waals surface area contributed by atoms with E-state index in [1.807, 2.05) is 0 Å². The normalized spacial score (nSPS) is 27.5.